The van der Waals surface area contributed by atoms with Gasteiger partial charge in [-0.05, 0) is 126 Å². The van der Waals surface area contributed by atoms with Crippen molar-refractivity contribution in [2.24, 2.45) is 0 Å². The number of fused-ring (bicyclic) bond motifs is 2. The van der Waals surface area contributed by atoms with Crippen LogP contribution in [0.4, 0.5) is 0 Å². The summed E-state index contributed by atoms with van der Waals surface area (Å²) >= 11 is 1.66. The van der Waals surface area contributed by atoms with Crippen LogP contribution in [0, 0.1) is 0 Å². The molecule has 10 heteroatoms. The second kappa shape index (κ2) is 15.6. The van der Waals surface area contributed by atoms with Gasteiger partial charge in [0.2, 0.25) is 5.75 Å². The fraction of sp³-hybridized carbons (Fsp3) is 0.364. The number of nitrogens with zero attached hydrogens (tertiary/aromatic N) is 2. The fourth-order valence-corrected chi connectivity index (χ4v) is 9.01. The lowest BCUT2D eigenvalue weighted by Gasteiger charge is -2.38. The lowest BCUT2D eigenvalue weighted by Crippen LogP contribution is -2.35. The maximum Gasteiger partial charge on any atom is 0.204 e. The normalized spacial score (nSPS) is 18.2. The Balaban J connectivity index is 1.34. The number of aliphatic hydroxyl groups excluding tert-OH is 1. The minimum absolute atomic E-state index is 0.104. The van der Waals surface area contributed by atoms with Crippen LogP contribution >= 0.6 is 11.3 Å². The highest BCUT2D eigenvalue weighted by Gasteiger charge is 2.37. The molecule has 4 aromatic carbocycles. The van der Waals surface area contributed by atoms with Gasteiger partial charge in [-0.25, -0.2) is 0 Å². The highest BCUT2D eigenvalue weighted by molar-refractivity contribution is 7.07. The van der Waals surface area contributed by atoms with E-state index >= 15 is 0 Å². The number of rotatable bonds is 8. The molecule has 9 rings (SSSR count). The predicted octanol–water partition coefficient (Wildman–Crippen LogP) is 8.42. The Labute approximate surface area is 321 Å². The van der Waals surface area contributed by atoms with Crippen LogP contribution in [-0.4, -0.2) is 63.4 Å². The second-order valence-electron chi connectivity index (χ2n) is 14.4. The average molecular weight is 749 g/mol. The predicted molar refractivity (Wildman–Crippen MR) is 210 cm³/mol. The lowest BCUT2D eigenvalue weighted by molar-refractivity contribution is 0.103. The van der Waals surface area contributed by atoms with Crippen LogP contribution in [0.25, 0.3) is 0 Å². The van der Waals surface area contributed by atoms with Gasteiger partial charge < -0.3 is 33.5 Å². The summed E-state index contributed by atoms with van der Waals surface area (Å²) in [4.78, 5) is 4.79. The maximum atomic E-state index is 10.8. The Morgan fingerprint density at radius 1 is 0.778 bits per heavy atom. The molecule has 9 nitrogen and oxygen atoms in total. The van der Waals surface area contributed by atoms with Gasteiger partial charge in [-0.1, -0.05) is 18.2 Å². The molecule has 54 heavy (non-hydrogen) atoms. The number of likely N-dealkylation sites (N-methyl/N-ethyl adjacent to an activating group) is 2. The van der Waals surface area contributed by atoms with E-state index in [-0.39, 0.29) is 18.7 Å². The Morgan fingerprint density at radius 2 is 1.54 bits per heavy atom. The summed E-state index contributed by atoms with van der Waals surface area (Å²) in [6.45, 7) is 2.43. The molecule has 1 aromatic heterocycles. The van der Waals surface area contributed by atoms with Gasteiger partial charge in [-0.2, -0.15) is 11.3 Å². The van der Waals surface area contributed by atoms with Crippen LogP contribution in [-0.2, 0) is 50.2 Å². The first-order chi connectivity index (χ1) is 26.4. The van der Waals surface area contributed by atoms with Gasteiger partial charge in [-0.3, -0.25) is 9.80 Å². The van der Waals surface area contributed by atoms with Crippen molar-refractivity contribution in [3.8, 4) is 40.2 Å². The first-order valence-corrected chi connectivity index (χ1v) is 19.5. The molecule has 4 aliphatic heterocycles. The summed E-state index contributed by atoms with van der Waals surface area (Å²) in [6, 6.07) is 20.9. The van der Waals surface area contributed by atoms with Crippen molar-refractivity contribution in [2.75, 3.05) is 48.5 Å². The number of thiophene rings is 1. The van der Waals surface area contributed by atoms with Crippen LogP contribution in [0.1, 0.15) is 62.2 Å². The van der Waals surface area contributed by atoms with E-state index in [2.05, 4.69) is 77.1 Å². The Hall–Kier alpha value is -4.58. The smallest absolute Gasteiger partial charge is 0.204 e. The molecule has 0 aliphatic carbocycles. The molecule has 0 saturated heterocycles. The molecule has 5 heterocycles. The number of ether oxygens (including phenoxy) is 6. The van der Waals surface area contributed by atoms with Gasteiger partial charge in [0.25, 0.3) is 0 Å². The van der Waals surface area contributed by atoms with Gasteiger partial charge in [0.05, 0.1) is 41.2 Å². The Morgan fingerprint density at radius 3 is 2.28 bits per heavy atom. The highest BCUT2D eigenvalue weighted by Crippen LogP contribution is 2.53. The quantitative estimate of drug-likeness (QED) is 0.168. The molecule has 1 N–H and O–H groups in total. The molecule has 0 amide bonds. The first kappa shape index (κ1) is 36.4. The average Bonchev–Trinajstić information content (AvgIpc) is 3.71. The zero-order valence-corrected chi connectivity index (χ0v) is 32.5. The Bertz CT molecular complexity index is 2120. The molecular formula is C44H48N2O7S. The monoisotopic (exact) mass is 748 g/mol. The van der Waals surface area contributed by atoms with Gasteiger partial charge in [0, 0.05) is 41.9 Å². The van der Waals surface area contributed by atoms with E-state index in [1.807, 2.05) is 18.2 Å². The largest absolute Gasteiger partial charge is 0.493 e. The molecule has 0 spiro atoms. The third kappa shape index (κ3) is 6.93. The molecule has 0 unspecified atom stereocenters. The summed E-state index contributed by atoms with van der Waals surface area (Å²) in [6.07, 6.45) is 3.13. The Kier molecular flexibility index (Phi) is 10.5. The first-order valence-electron chi connectivity index (χ1n) is 18.6. The van der Waals surface area contributed by atoms with E-state index in [1.54, 1.807) is 32.7 Å². The van der Waals surface area contributed by atoms with Crippen molar-refractivity contribution < 1.29 is 33.5 Å². The summed E-state index contributed by atoms with van der Waals surface area (Å²) in [5, 5.41) is 15.0. The summed E-state index contributed by atoms with van der Waals surface area (Å²) in [5.74, 6) is 4.40. The zero-order valence-electron chi connectivity index (χ0n) is 31.6. The molecule has 6 bridgehead atoms. The van der Waals surface area contributed by atoms with Gasteiger partial charge in [0.15, 0.2) is 23.0 Å². The van der Waals surface area contributed by atoms with Gasteiger partial charge >= 0.3 is 0 Å². The van der Waals surface area contributed by atoms with Crippen LogP contribution in [0.2, 0.25) is 0 Å². The molecule has 0 radical (unpaired) electrons. The number of aliphatic hydroxyl groups is 1. The molecule has 0 fully saturated rings. The van der Waals surface area contributed by atoms with E-state index in [4.69, 9.17) is 28.4 Å². The van der Waals surface area contributed by atoms with Crippen LogP contribution < -0.4 is 23.7 Å². The van der Waals surface area contributed by atoms with Crippen LogP contribution in [0.5, 0.6) is 40.2 Å². The van der Waals surface area contributed by atoms with E-state index in [0.717, 1.165) is 71.5 Å². The van der Waals surface area contributed by atoms with Crippen molar-refractivity contribution in [1.29, 1.82) is 0 Å². The van der Waals surface area contributed by atoms with Crippen molar-refractivity contribution in [3.05, 3.63) is 121 Å². The minimum Gasteiger partial charge on any atom is -0.493 e. The maximum absolute atomic E-state index is 10.8. The molecule has 5 aromatic rings. The molecular weight excluding hydrogens is 701 g/mol. The molecule has 282 valence electrons. The van der Waals surface area contributed by atoms with Crippen molar-refractivity contribution in [1.82, 2.24) is 9.80 Å². The van der Waals surface area contributed by atoms with Crippen molar-refractivity contribution >= 4 is 11.3 Å². The third-order valence-corrected chi connectivity index (χ3v) is 12.0. The summed E-state index contributed by atoms with van der Waals surface area (Å²) in [5.41, 5.74) is 9.72. The number of hydrogen-bond acceptors (Lipinski definition) is 10. The van der Waals surface area contributed by atoms with Crippen molar-refractivity contribution in [2.45, 2.75) is 57.6 Å². The van der Waals surface area contributed by atoms with E-state index < -0.39 is 0 Å². The van der Waals surface area contributed by atoms with E-state index in [0.29, 0.717) is 54.1 Å². The number of methoxy groups -OCH3 is 3. The summed E-state index contributed by atoms with van der Waals surface area (Å²) < 4.78 is 38.3. The lowest BCUT2D eigenvalue weighted by atomic mass is 9.84. The molecule has 4 aliphatic rings. The highest BCUT2D eigenvalue weighted by atomic mass is 32.1. The number of hydrogen-bond donors (Lipinski definition) is 1. The van der Waals surface area contributed by atoms with Crippen molar-refractivity contribution in [3.63, 3.8) is 0 Å². The molecule has 0 saturated carbocycles. The summed E-state index contributed by atoms with van der Waals surface area (Å²) in [7, 11) is 9.35. The zero-order chi connectivity index (χ0) is 37.3. The van der Waals surface area contributed by atoms with E-state index in [9.17, 15) is 5.11 Å². The number of benzene rings is 4. The topological polar surface area (TPSA) is 82.1 Å². The third-order valence-electron chi connectivity index (χ3n) is 11.3. The van der Waals surface area contributed by atoms with Crippen LogP contribution in [0.3, 0.4) is 0 Å². The van der Waals surface area contributed by atoms with E-state index in [1.165, 1.54) is 16.7 Å². The fourth-order valence-electron chi connectivity index (χ4n) is 8.36. The minimum atomic E-state index is -0.154. The SMILES string of the molecule is COc1ccc2cc1Oc1ccc(cc1)C[C@H]1c3cc(c(CO)cc3CCN1C)Oc1c(OC)c(OC)c(COCc3ccsc3)c3c1[C@H](C2)N(C)CC3. The van der Waals surface area contributed by atoms with Crippen LogP contribution in [0.15, 0.2) is 71.4 Å². The molecule has 2 atom stereocenters. The standard InChI is InChI=1S/C44H48N2O7S/c1-45-15-12-30-21-31(23-47)39-22-34(30)36(45)18-27-6-9-32(10-7-27)52-40-20-28(8-11-38(40)48-3)19-37-41-33(13-16-46(37)2)35(25-51-24-29-14-17-54-26-29)42(49-4)44(50-5)43(41)53-39/h6-11,14,17,20-22,26,36-37,47H,12-13,15-16,18-19,23-25H2,1-5H3/t36-,37-/m0/s1. The second-order valence-corrected chi connectivity index (χ2v) is 15.2. The van der Waals surface area contributed by atoms with Gasteiger partial charge in [0.1, 0.15) is 11.5 Å². The van der Waals surface area contributed by atoms with Gasteiger partial charge in [-0.15, -0.1) is 0 Å².